The van der Waals surface area contributed by atoms with E-state index < -0.39 is 18.0 Å². The predicted octanol–water partition coefficient (Wildman–Crippen LogP) is 2.31. The molecule has 9 heteroatoms. The van der Waals surface area contributed by atoms with Gasteiger partial charge in [0.2, 0.25) is 6.79 Å². The number of hydrogen-bond acceptors (Lipinski definition) is 7. The van der Waals surface area contributed by atoms with Crippen molar-refractivity contribution in [2.45, 2.75) is 19.5 Å². The number of nitrogens with one attached hydrogen (secondary N) is 2. The number of likely N-dealkylation sites (N-methyl/N-ethyl adjacent to an activating group) is 1. The van der Waals surface area contributed by atoms with Crippen molar-refractivity contribution in [2.75, 3.05) is 27.0 Å². The largest absolute Gasteiger partial charge is 0.467 e. The molecule has 30 heavy (non-hydrogen) atoms. The first kappa shape index (κ1) is 19.8. The van der Waals surface area contributed by atoms with Crippen molar-refractivity contribution in [3.8, 4) is 11.5 Å². The van der Waals surface area contributed by atoms with Crippen molar-refractivity contribution in [1.29, 1.82) is 0 Å². The summed E-state index contributed by atoms with van der Waals surface area (Å²) in [4.78, 5) is 27.0. The van der Waals surface area contributed by atoms with E-state index in [0.717, 1.165) is 11.3 Å². The summed E-state index contributed by atoms with van der Waals surface area (Å²) in [6, 6.07) is 8.04. The molecule has 2 aliphatic rings. The quantitative estimate of drug-likeness (QED) is 0.672. The predicted molar refractivity (Wildman–Crippen MR) is 106 cm³/mol. The zero-order valence-electron chi connectivity index (χ0n) is 16.8. The van der Waals surface area contributed by atoms with Crippen LogP contribution in [0.4, 0.5) is 4.79 Å². The van der Waals surface area contributed by atoms with E-state index in [1.54, 1.807) is 19.1 Å². The summed E-state index contributed by atoms with van der Waals surface area (Å²) in [5.74, 6) is 1.39. The Balaban J connectivity index is 1.58. The lowest BCUT2D eigenvalue weighted by molar-refractivity contribution is -0.139. The van der Waals surface area contributed by atoms with Crippen molar-refractivity contribution in [3.05, 3.63) is 59.2 Å². The molecule has 9 nitrogen and oxygen atoms in total. The van der Waals surface area contributed by atoms with Gasteiger partial charge in [0.1, 0.15) is 11.8 Å². The molecule has 0 bridgehead atoms. The smallest absolute Gasteiger partial charge is 0.338 e. The van der Waals surface area contributed by atoms with E-state index >= 15 is 0 Å². The second kappa shape index (κ2) is 8.50. The standard InChI is InChI=1S/C21H23N3O6/c1-3-27-20(25)18-14(22-21(26)23-19(18)16-5-4-8-28-16)11-24(2)10-13-6-7-15-17(9-13)30-12-29-15/h4-9,19H,3,10-12H2,1-2H3,(H2,22,23,26)/t19-/m1/s1. The third-order valence-corrected chi connectivity index (χ3v) is 4.79. The Morgan fingerprint density at radius 2 is 2.07 bits per heavy atom. The summed E-state index contributed by atoms with van der Waals surface area (Å²) in [6.07, 6.45) is 1.50. The molecule has 0 aliphatic carbocycles. The van der Waals surface area contributed by atoms with Crippen molar-refractivity contribution >= 4 is 12.0 Å². The highest BCUT2D eigenvalue weighted by molar-refractivity contribution is 5.95. The number of carbonyl (C=O) groups excluding carboxylic acids is 2. The van der Waals surface area contributed by atoms with Gasteiger partial charge in [-0.1, -0.05) is 6.07 Å². The van der Waals surface area contributed by atoms with Crippen LogP contribution < -0.4 is 20.1 Å². The molecule has 0 saturated heterocycles. The maximum atomic E-state index is 12.7. The van der Waals surface area contributed by atoms with Crippen molar-refractivity contribution in [1.82, 2.24) is 15.5 Å². The second-order valence-electron chi connectivity index (χ2n) is 7.02. The highest BCUT2D eigenvalue weighted by Gasteiger charge is 2.35. The van der Waals surface area contributed by atoms with Crippen LogP contribution in [0.25, 0.3) is 0 Å². The van der Waals surface area contributed by atoms with Crippen molar-refractivity contribution in [2.24, 2.45) is 0 Å². The van der Waals surface area contributed by atoms with E-state index in [2.05, 4.69) is 10.6 Å². The monoisotopic (exact) mass is 413 g/mol. The summed E-state index contributed by atoms with van der Waals surface area (Å²) >= 11 is 0. The molecule has 158 valence electrons. The molecular formula is C21H23N3O6. The van der Waals surface area contributed by atoms with Gasteiger partial charge in [-0.2, -0.15) is 0 Å². The Morgan fingerprint density at radius 3 is 2.83 bits per heavy atom. The SMILES string of the molecule is CCOC(=O)C1=C(CN(C)Cc2ccc3c(c2)OCO3)NC(=O)N[C@@H]1c1ccco1. The molecule has 2 amide bonds. The molecule has 1 aromatic heterocycles. The number of furan rings is 1. The summed E-state index contributed by atoms with van der Waals surface area (Å²) < 4.78 is 21.5. The van der Waals surface area contributed by atoms with Gasteiger partial charge in [0.05, 0.1) is 18.4 Å². The second-order valence-corrected chi connectivity index (χ2v) is 7.02. The molecule has 2 aliphatic heterocycles. The van der Waals surface area contributed by atoms with Crippen LogP contribution in [0.1, 0.15) is 24.3 Å². The van der Waals surface area contributed by atoms with Crippen LogP contribution in [-0.4, -0.2) is 43.9 Å². The molecule has 0 fully saturated rings. The minimum Gasteiger partial charge on any atom is -0.467 e. The first-order valence-electron chi connectivity index (χ1n) is 9.63. The van der Waals surface area contributed by atoms with Crippen LogP contribution >= 0.6 is 0 Å². The maximum absolute atomic E-state index is 12.7. The number of hydrogen-bond donors (Lipinski definition) is 2. The Labute approximate surface area is 173 Å². The average Bonchev–Trinajstić information content (AvgIpc) is 3.39. The van der Waals surface area contributed by atoms with Crippen LogP contribution in [0.3, 0.4) is 0 Å². The van der Waals surface area contributed by atoms with Crippen LogP contribution in [-0.2, 0) is 16.1 Å². The minimum absolute atomic E-state index is 0.220. The van der Waals surface area contributed by atoms with Crippen LogP contribution in [0.15, 0.2) is 52.3 Å². The van der Waals surface area contributed by atoms with Crippen LogP contribution in [0, 0.1) is 0 Å². The molecule has 2 aromatic rings. The van der Waals surface area contributed by atoms with Gasteiger partial charge in [0, 0.05) is 18.8 Å². The van der Waals surface area contributed by atoms with Crippen LogP contribution in [0.2, 0.25) is 0 Å². The van der Waals surface area contributed by atoms with E-state index in [-0.39, 0.29) is 13.4 Å². The zero-order chi connectivity index (χ0) is 21.1. The summed E-state index contributed by atoms with van der Waals surface area (Å²) in [5.41, 5.74) is 1.81. The number of urea groups is 1. The first-order valence-corrected chi connectivity index (χ1v) is 9.63. The fourth-order valence-electron chi connectivity index (χ4n) is 3.54. The molecule has 4 rings (SSSR count). The lowest BCUT2D eigenvalue weighted by atomic mass is 10.00. The van der Waals surface area contributed by atoms with E-state index in [9.17, 15) is 9.59 Å². The lowest BCUT2D eigenvalue weighted by Crippen LogP contribution is -2.48. The topological polar surface area (TPSA) is 102 Å². The van der Waals surface area contributed by atoms with Crippen molar-refractivity contribution in [3.63, 3.8) is 0 Å². The van der Waals surface area contributed by atoms with Crippen molar-refractivity contribution < 1.29 is 28.2 Å². The number of carbonyl (C=O) groups is 2. The number of fused-ring (bicyclic) bond motifs is 1. The van der Waals surface area contributed by atoms with E-state index in [1.807, 2.05) is 30.1 Å². The average molecular weight is 413 g/mol. The zero-order valence-corrected chi connectivity index (χ0v) is 16.8. The molecule has 0 spiro atoms. The third-order valence-electron chi connectivity index (χ3n) is 4.79. The minimum atomic E-state index is -0.721. The number of benzene rings is 1. The number of esters is 1. The number of rotatable bonds is 7. The number of amides is 2. The molecule has 0 unspecified atom stereocenters. The Morgan fingerprint density at radius 1 is 1.23 bits per heavy atom. The molecule has 1 aromatic carbocycles. The van der Waals surface area contributed by atoms with Gasteiger partial charge in [-0.3, -0.25) is 4.90 Å². The Hall–Kier alpha value is -3.46. The number of ether oxygens (including phenoxy) is 3. The first-order chi connectivity index (χ1) is 14.5. The van der Waals surface area contributed by atoms with E-state index in [4.69, 9.17) is 18.6 Å². The molecule has 1 atom stereocenters. The van der Waals surface area contributed by atoms with Gasteiger partial charge >= 0.3 is 12.0 Å². The third kappa shape index (κ3) is 4.11. The lowest BCUT2D eigenvalue weighted by Gasteiger charge is -2.30. The van der Waals surface area contributed by atoms with Gasteiger partial charge in [0.25, 0.3) is 0 Å². The molecule has 0 radical (unpaired) electrons. The summed E-state index contributed by atoms with van der Waals surface area (Å²) in [7, 11) is 1.90. The normalized spacial score (nSPS) is 17.7. The molecule has 3 heterocycles. The van der Waals surface area contributed by atoms with Gasteiger partial charge in [-0.15, -0.1) is 0 Å². The highest BCUT2D eigenvalue weighted by Crippen LogP contribution is 2.33. The Kier molecular flexibility index (Phi) is 5.62. The number of nitrogens with zero attached hydrogens (tertiary/aromatic N) is 1. The molecule has 2 N–H and O–H groups in total. The molecule has 0 saturated carbocycles. The highest BCUT2D eigenvalue weighted by atomic mass is 16.7. The van der Waals surface area contributed by atoms with E-state index in [1.165, 1.54) is 6.26 Å². The molecular weight excluding hydrogens is 390 g/mol. The fraction of sp³-hybridized carbons (Fsp3) is 0.333. The van der Waals surface area contributed by atoms with Gasteiger partial charge < -0.3 is 29.3 Å². The van der Waals surface area contributed by atoms with Crippen LogP contribution in [0.5, 0.6) is 11.5 Å². The van der Waals surface area contributed by atoms with Gasteiger partial charge in [0.15, 0.2) is 11.5 Å². The van der Waals surface area contributed by atoms with Gasteiger partial charge in [-0.25, -0.2) is 9.59 Å². The van der Waals surface area contributed by atoms with E-state index in [0.29, 0.717) is 35.9 Å². The fourth-order valence-corrected chi connectivity index (χ4v) is 3.54. The Bertz CT molecular complexity index is 969. The maximum Gasteiger partial charge on any atom is 0.338 e. The summed E-state index contributed by atoms with van der Waals surface area (Å²) in [5, 5.41) is 5.49. The summed E-state index contributed by atoms with van der Waals surface area (Å²) in [6.45, 7) is 3.08. The van der Waals surface area contributed by atoms with Gasteiger partial charge in [-0.05, 0) is 43.8 Å².